The maximum absolute atomic E-state index is 9.65. The largest absolute Gasteiger partial charge is 0.396 e. The Morgan fingerprint density at radius 2 is 1.86 bits per heavy atom. The summed E-state index contributed by atoms with van der Waals surface area (Å²) in [5.41, 5.74) is 0.647. The summed E-state index contributed by atoms with van der Waals surface area (Å²) >= 11 is 0. The van der Waals surface area contributed by atoms with Crippen molar-refractivity contribution < 1.29 is 9.84 Å². The average molecular weight is 196 g/mol. The van der Waals surface area contributed by atoms with E-state index >= 15 is 0 Å². The van der Waals surface area contributed by atoms with Crippen LogP contribution >= 0.6 is 0 Å². The van der Waals surface area contributed by atoms with E-state index in [0.29, 0.717) is 12.0 Å². The van der Waals surface area contributed by atoms with Crippen LogP contribution < -0.4 is 0 Å². The summed E-state index contributed by atoms with van der Waals surface area (Å²) in [6, 6.07) is 0. The van der Waals surface area contributed by atoms with Crippen molar-refractivity contribution in [3.8, 4) is 0 Å². The van der Waals surface area contributed by atoms with Crippen molar-refractivity contribution in [2.45, 2.75) is 38.5 Å². The fourth-order valence-electron chi connectivity index (χ4n) is 3.67. The van der Waals surface area contributed by atoms with Crippen molar-refractivity contribution in [2.75, 3.05) is 19.8 Å². The first-order valence-electron chi connectivity index (χ1n) is 6.02. The average Bonchev–Trinajstić information content (AvgIpc) is 1.94. The van der Waals surface area contributed by atoms with Crippen molar-refractivity contribution in [2.24, 2.45) is 16.7 Å². The first kappa shape index (κ1) is 9.17. The molecule has 0 aromatic rings. The summed E-state index contributed by atoms with van der Waals surface area (Å²) in [5, 5.41) is 9.65. The van der Waals surface area contributed by atoms with Crippen molar-refractivity contribution in [3.05, 3.63) is 0 Å². The van der Waals surface area contributed by atoms with Gasteiger partial charge in [0.1, 0.15) is 0 Å². The van der Waals surface area contributed by atoms with Gasteiger partial charge in [-0.1, -0.05) is 12.8 Å². The predicted octanol–water partition coefficient (Wildman–Crippen LogP) is 1.97. The van der Waals surface area contributed by atoms with Gasteiger partial charge in [-0.15, -0.1) is 0 Å². The zero-order valence-corrected chi connectivity index (χ0v) is 8.80. The molecule has 2 aliphatic carbocycles. The van der Waals surface area contributed by atoms with Gasteiger partial charge in [0.15, 0.2) is 0 Å². The van der Waals surface area contributed by atoms with E-state index in [9.17, 15) is 5.11 Å². The molecule has 0 spiro atoms. The molecule has 1 aliphatic heterocycles. The van der Waals surface area contributed by atoms with Gasteiger partial charge in [0.2, 0.25) is 0 Å². The van der Waals surface area contributed by atoms with Crippen molar-refractivity contribution in [1.29, 1.82) is 0 Å². The van der Waals surface area contributed by atoms with Crippen LogP contribution in [0.25, 0.3) is 0 Å². The lowest BCUT2D eigenvalue weighted by Gasteiger charge is -2.64. The van der Waals surface area contributed by atoms with Crippen LogP contribution in [0.3, 0.4) is 0 Å². The molecule has 80 valence electrons. The summed E-state index contributed by atoms with van der Waals surface area (Å²) in [4.78, 5) is 0. The number of aliphatic hydroxyl groups excluding tert-OH is 1. The molecular weight excluding hydrogens is 176 g/mol. The smallest absolute Gasteiger partial charge is 0.0553 e. The molecule has 0 bridgehead atoms. The number of hydrogen-bond donors (Lipinski definition) is 1. The lowest BCUT2D eigenvalue weighted by molar-refractivity contribution is -0.261. The molecule has 3 aliphatic rings. The Labute approximate surface area is 85.6 Å². The molecule has 0 amide bonds. The molecule has 0 aromatic heterocycles. The fraction of sp³-hybridized carbons (Fsp3) is 1.00. The summed E-state index contributed by atoms with van der Waals surface area (Å²) in [5.74, 6) is 0.865. The van der Waals surface area contributed by atoms with Gasteiger partial charge in [-0.25, -0.2) is 0 Å². The molecule has 0 unspecified atom stereocenters. The van der Waals surface area contributed by atoms with Gasteiger partial charge < -0.3 is 9.84 Å². The number of aliphatic hydroxyl groups is 1. The van der Waals surface area contributed by atoms with E-state index < -0.39 is 0 Å². The Morgan fingerprint density at radius 3 is 2.07 bits per heavy atom. The van der Waals surface area contributed by atoms with E-state index in [-0.39, 0.29) is 5.41 Å². The molecule has 2 heteroatoms. The highest BCUT2D eigenvalue weighted by Gasteiger charge is 2.62. The molecule has 0 aromatic carbocycles. The third-order valence-corrected chi connectivity index (χ3v) is 5.28. The zero-order valence-electron chi connectivity index (χ0n) is 8.80. The lowest BCUT2D eigenvalue weighted by atomic mass is 9.45. The Balaban J connectivity index is 1.83. The second kappa shape index (κ2) is 2.96. The topological polar surface area (TPSA) is 29.5 Å². The van der Waals surface area contributed by atoms with E-state index in [1.54, 1.807) is 0 Å². The Bertz CT molecular complexity index is 219. The van der Waals surface area contributed by atoms with Crippen LogP contribution in [0.2, 0.25) is 0 Å². The molecule has 1 saturated heterocycles. The Morgan fingerprint density at radius 1 is 1.14 bits per heavy atom. The third kappa shape index (κ3) is 0.892. The van der Waals surface area contributed by atoms with Gasteiger partial charge >= 0.3 is 0 Å². The maximum atomic E-state index is 9.65. The minimum absolute atomic E-state index is 0.260. The van der Waals surface area contributed by atoms with E-state index in [4.69, 9.17) is 4.74 Å². The van der Waals surface area contributed by atoms with E-state index in [2.05, 4.69) is 0 Å². The first-order valence-corrected chi connectivity index (χ1v) is 6.02. The van der Waals surface area contributed by atoms with Crippen LogP contribution in [0.4, 0.5) is 0 Å². The second-order valence-corrected chi connectivity index (χ2v) is 5.57. The summed E-state index contributed by atoms with van der Waals surface area (Å²) in [6.45, 7) is 2.25. The number of ether oxygens (including phenoxy) is 1. The van der Waals surface area contributed by atoms with Crippen LogP contribution in [0.15, 0.2) is 0 Å². The highest BCUT2D eigenvalue weighted by molar-refractivity contribution is 5.10. The number of hydrogen-bond acceptors (Lipinski definition) is 2. The SMILES string of the molecule is OCC1(C2(C3CCC3)COC2)CCC1. The van der Waals surface area contributed by atoms with E-state index in [0.717, 1.165) is 19.1 Å². The minimum Gasteiger partial charge on any atom is -0.396 e. The van der Waals surface area contributed by atoms with Crippen LogP contribution in [0.1, 0.15) is 38.5 Å². The molecule has 3 fully saturated rings. The van der Waals surface area contributed by atoms with Crippen LogP contribution in [0.5, 0.6) is 0 Å². The Kier molecular flexibility index (Phi) is 1.94. The van der Waals surface area contributed by atoms with Gasteiger partial charge in [-0.05, 0) is 31.6 Å². The Hall–Kier alpha value is -0.0800. The maximum Gasteiger partial charge on any atom is 0.0553 e. The molecule has 0 radical (unpaired) electrons. The van der Waals surface area contributed by atoms with Gasteiger partial charge in [0.25, 0.3) is 0 Å². The normalized spacial score (nSPS) is 34.1. The standard InChI is InChI=1S/C12H20O2/c13-7-11(5-2-6-11)12(8-14-9-12)10-3-1-4-10/h10,13H,1-9H2. The molecule has 1 N–H and O–H groups in total. The quantitative estimate of drug-likeness (QED) is 0.747. The van der Waals surface area contributed by atoms with Gasteiger partial charge in [-0.2, -0.15) is 0 Å². The summed E-state index contributed by atoms with van der Waals surface area (Å²) in [7, 11) is 0. The van der Waals surface area contributed by atoms with E-state index in [1.165, 1.54) is 38.5 Å². The highest BCUT2D eigenvalue weighted by Crippen LogP contribution is 2.63. The molecule has 2 saturated carbocycles. The molecule has 3 rings (SSSR count). The van der Waals surface area contributed by atoms with Crippen molar-refractivity contribution >= 4 is 0 Å². The van der Waals surface area contributed by atoms with Crippen molar-refractivity contribution in [3.63, 3.8) is 0 Å². The number of rotatable bonds is 3. The predicted molar refractivity (Wildman–Crippen MR) is 54.0 cm³/mol. The third-order valence-electron chi connectivity index (χ3n) is 5.28. The second-order valence-electron chi connectivity index (χ2n) is 5.57. The first-order chi connectivity index (χ1) is 6.83. The molecule has 0 atom stereocenters. The fourth-order valence-corrected chi connectivity index (χ4v) is 3.67. The summed E-state index contributed by atoms with van der Waals surface area (Å²) < 4.78 is 5.47. The molecule has 1 heterocycles. The lowest BCUT2D eigenvalue weighted by Crippen LogP contribution is -2.64. The monoisotopic (exact) mass is 196 g/mol. The summed E-state index contributed by atoms with van der Waals surface area (Å²) in [6.07, 6.45) is 7.95. The molecule has 2 nitrogen and oxygen atoms in total. The van der Waals surface area contributed by atoms with Gasteiger partial charge in [-0.3, -0.25) is 0 Å². The van der Waals surface area contributed by atoms with E-state index in [1.807, 2.05) is 0 Å². The molecular formula is C12H20O2. The van der Waals surface area contributed by atoms with Gasteiger partial charge in [0, 0.05) is 17.4 Å². The van der Waals surface area contributed by atoms with Crippen LogP contribution in [-0.4, -0.2) is 24.9 Å². The molecule has 14 heavy (non-hydrogen) atoms. The highest BCUT2D eigenvalue weighted by atomic mass is 16.5. The zero-order chi connectivity index (χ0) is 9.65. The van der Waals surface area contributed by atoms with Gasteiger partial charge in [0.05, 0.1) is 13.2 Å². The minimum atomic E-state index is 0.260. The van der Waals surface area contributed by atoms with Crippen LogP contribution in [0, 0.1) is 16.7 Å². The van der Waals surface area contributed by atoms with Crippen LogP contribution in [-0.2, 0) is 4.74 Å². The van der Waals surface area contributed by atoms with Crippen molar-refractivity contribution in [1.82, 2.24) is 0 Å².